The number of pyridine rings is 1. The fraction of sp³-hybridized carbons (Fsp3) is 0.0909. The first kappa shape index (κ1) is 8.96. The Bertz CT molecular complexity index is 553. The standard InChI is InChI=1S/C11H8N4O/c16-9-5-7-6-13-11(15-10(7)14-9)8-3-1-2-4-12-8/h1-4,6H,5H2,(H,13,14,15,16). The molecule has 5 heteroatoms. The predicted octanol–water partition coefficient (Wildman–Crippen LogP) is 1.03. The summed E-state index contributed by atoms with van der Waals surface area (Å²) in [4.78, 5) is 23.8. The summed E-state index contributed by atoms with van der Waals surface area (Å²) in [7, 11) is 0. The molecule has 0 spiro atoms. The Morgan fingerprint density at radius 3 is 3.00 bits per heavy atom. The van der Waals surface area contributed by atoms with Crippen LogP contribution in [0.15, 0.2) is 30.6 Å². The molecule has 5 nitrogen and oxygen atoms in total. The molecule has 1 aliphatic heterocycles. The Morgan fingerprint density at radius 1 is 1.25 bits per heavy atom. The van der Waals surface area contributed by atoms with Gasteiger partial charge in [-0.2, -0.15) is 0 Å². The molecule has 0 fully saturated rings. The van der Waals surface area contributed by atoms with Gasteiger partial charge in [0.2, 0.25) is 5.91 Å². The van der Waals surface area contributed by atoms with Crippen LogP contribution >= 0.6 is 0 Å². The van der Waals surface area contributed by atoms with E-state index in [9.17, 15) is 4.79 Å². The maximum Gasteiger partial charge on any atom is 0.230 e. The average molecular weight is 212 g/mol. The Kier molecular flexibility index (Phi) is 1.89. The monoisotopic (exact) mass is 212 g/mol. The highest BCUT2D eigenvalue weighted by molar-refractivity contribution is 5.97. The van der Waals surface area contributed by atoms with Gasteiger partial charge in [-0.25, -0.2) is 9.97 Å². The molecule has 0 atom stereocenters. The smallest absolute Gasteiger partial charge is 0.230 e. The molecule has 0 aromatic carbocycles. The van der Waals surface area contributed by atoms with Gasteiger partial charge in [-0.15, -0.1) is 0 Å². The van der Waals surface area contributed by atoms with Gasteiger partial charge in [-0.05, 0) is 12.1 Å². The van der Waals surface area contributed by atoms with Gasteiger partial charge in [-0.3, -0.25) is 9.78 Å². The number of aromatic nitrogens is 3. The normalized spacial score (nSPS) is 13.4. The zero-order valence-corrected chi connectivity index (χ0v) is 8.34. The second-order valence-corrected chi connectivity index (χ2v) is 3.51. The van der Waals surface area contributed by atoms with Crippen LogP contribution in [0.5, 0.6) is 0 Å². The van der Waals surface area contributed by atoms with E-state index in [0.29, 0.717) is 23.8 Å². The molecule has 2 aromatic rings. The lowest BCUT2D eigenvalue weighted by Crippen LogP contribution is -2.04. The highest BCUT2D eigenvalue weighted by Gasteiger charge is 2.20. The number of amides is 1. The van der Waals surface area contributed by atoms with Crippen molar-refractivity contribution in [1.29, 1.82) is 0 Å². The van der Waals surface area contributed by atoms with Crippen molar-refractivity contribution in [1.82, 2.24) is 15.0 Å². The van der Waals surface area contributed by atoms with Crippen molar-refractivity contribution in [2.24, 2.45) is 0 Å². The molecule has 0 saturated carbocycles. The molecule has 0 bridgehead atoms. The lowest BCUT2D eigenvalue weighted by molar-refractivity contribution is -0.115. The average Bonchev–Trinajstić information content (AvgIpc) is 2.69. The largest absolute Gasteiger partial charge is 0.310 e. The third kappa shape index (κ3) is 1.42. The molecule has 1 N–H and O–H groups in total. The van der Waals surface area contributed by atoms with Gasteiger partial charge in [0.1, 0.15) is 11.5 Å². The second kappa shape index (κ2) is 3.37. The number of carbonyl (C=O) groups is 1. The molecule has 2 aromatic heterocycles. The topological polar surface area (TPSA) is 67.8 Å². The zero-order chi connectivity index (χ0) is 11.0. The molecule has 0 unspecified atom stereocenters. The van der Waals surface area contributed by atoms with Crippen LogP contribution in [0, 0.1) is 0 Å². The fourth-order valence-electron chi connectivity index (χ4n) is 1.61. The Morgan fingerprint density at radius 2 is 2.19 bits per heavy atom. The summed E-state index contributed by atoms with van der Waals surface area (Å²) in [6.07, 6.45) is 3.71. The molecule has 0 saturated heterocycles. The number of carbonyl (C=O) groups excluding carboxylic acids is 1. The summed E-state index contributed by atoms with van der Waals surface area (Å²) in [6.45, 7) is 0. The number of rotatable bonds is 1. The highest BCUT2D eigenvalue weighted by Crippen LogP contribution is 2.22. The Hall–Kier alpha value is -2.30. The Balaban J connectivity index is 2.06. The second-order valence-electron chi connectivity index (χ2n) is 3.51. The van der Waals surface area contributed by atoms with Crippen molar-refractivity contribution in [2.45, 2.75) is 6.42 Å². The van der Waals surface area contributed by atoms with E-state index in [1.165, 1.54) is 0 Å². The molecule has 1 amide bonds. The van der Waals surface area contributed by atoms with E-state index in [0.717, 1.165) is 5.56 Å². The van der Waals surface area contributed by atoms with Crippen LogP contribution in [0.1, 0.15) is 5.56 Å². The SMILES string of the molecule is O=C1Cc2cnc(-c3ccccn3)nc2N1. The quantitative estimate of drug-likeness (QED) is 0.766. The van der Waals surface area contributed by atoms with E-state index >= 15 is 0 Å². The van der Waals surface area contributed by atoms with Crippen LogP contribution in [-0.4, -0.2) is 20.9 Å². The molecular formula is C11H8N4O. The van der Waals surface area contributed by atoms with Crippen LogP contribution in [-0.2, 0) is 11.2 Å². The summed E-state index contributed by atoms with van der Waals surface area (Å²) < 4.78 is 0. The zero-order valence-electron chi connectivity index (χ0n) is 8.34. The number of hydrogen-bond acceptors (Lipinski definition) is 4. The van der Waals surface area contributed by atoms with Crippen LogP contribution in [0.2, 0.25) is 0 Å². The van der Waals surface area contributed by atoms with Gasteiger partial charge >= 0.3 is 0 Å². The predicted molar refractivity (Wildman–Crippen MR) is 57.6 cm³/mol. The molecule has 16 heavy (non-hydrogen) atoms. The molecule has 0 aliphatic carbocycles. The molecule has 0 radical (unpaired) electrons. The van der Waals surface area contributed by atoms with Crippen molar-refractivity contribution in [3.63, 3.8) is 0 Å². The molecule has 3 heterocycles. The van der Waals surface area contributed by atoms with E-state index in [1.807, 2.05) is 18.2 Å². The summed E-state index contributed by atoms with van der Waals surface area (Å²) in [5, 5.41) is 2.69. The van der Waals surface area contributed by atoms with Crippen molar-refractivity contribution < 1.29 is 4.79 Å². The third-order valence-electron chi connectivity index (χ3n) is 2.37. The van der Waals surface area contributed by atoms with Crippen molar-refractivity contribution in [3.8, 4) is 11.5 Å². The Labute approximate surface area is 91.6 Å². The minimum Gasteiger partial charge on any atom is -0.310 e. The lowest BCUT2D eigenvalue weighted by atomic mass is 10.2. The van der Waals surface area contributed by atoms with Crippen molar-refractivity contribution in [2.75, 3.05) is 5.32 Å². The number of hydrogen-bond donors (Lipinski definition) is 1. The van der Waals surface area contributed by atoms with E-state index in [1.54, 1.807) is 12.4 Å². The first-order chi connectivity index (χ1) is 7.83. The maximum absolute atomic E-state index is 11.2. The van der Waals surface area contributed by atoms with Gasteiger partial charge < -0.3 is 5.32 Å². The first-order valence-corrected chi connectivity index (χ1v) is 4.90. The van der Waals surface area contributed by atoms with Gasteiger partial charge in [0.15, 0.2) is 5.82 Å². The number of nitrogens with zero attached hydrogens (tertiary/aromatic N) is 3. The van der Waals surface area contributed by atoms with E-state index < -0.39 is 0 Å². The van der Waals surface area contributed by atoms with Gasteiger partial charge in [0.05, 0.1) is 6.42 Å². The highest BCUT2D eigenvalue weighted by atomic mass is 16.1. The van der Waals surface area contributed by atoms with Gasteiger partial charge in [-0.1, -0.05) is 6.07 Å². The van der Waals surface area contributed by atoms with E-state index in [4.69, 9.17) is 0 Å². The number of anilines is 1. The molecular weight excluding hydrogens is 204 g/mol. The van der Waals surface area contributed by atoms with Gasteiger partial charge in [0.25, 0.3) is 0 Å². The minimum atomic E-state index is -0.0394. The maximum atomic E-state index is 11.2. The van der Waals surface area contributed by atoms with Crippen molar-refractivity contribution >= 4 is 11.7 Å². The molecule has 1 aliphatic rings. The summed E-state index contributed by atoms with van der Waals surface area (Å²) in [5.74, 6) is 1.09. The van der Waals surface area contributed by atoms with Crippen LogP contribution in [0.25, 0.3) is 11.5 Å². The van der Waals surface area contributed by atoms with Crippen LogP contribution in [0.4, 0.5) is 5.82 Å². The summed E-state index contributed by atoms with van der Waals surface area (Å²) in [6, 6.07) is 5.54. The van der Waals surface area contributed by atoms with Crippen LogP contribution < -0.4 is 5.32 Å². The van der Waals surface area contributed by atoms with Crippen molar-refractivity contribution in [3.05, 3.63) is 36.2 Å². The fourth-order valence-corrected chi connectivity index (χ4v) is 1.61. The van der Waals surface area contributed by atoms with Crippen LogP contribution in [0.3, 0.4) is 0 Å². The van der Waals surface area contributed by atoms with Gasteiger partial charge in [0, 0.05) is 18.0 Å². The van der Waals surface area contributed by atoms with E-state index in [-0.39, 0.29) is 5.91 Å². The first-order valence-electron chi connectivity index (χ1n) is 4.90. The summed E-state index contributed by atoms with van der Waals surface area (Å²) >= 11 is 0. The molecule has 78 valence electrons. The summed E-state index contributed by atoms with van der Waals surface area (Å²) in [5.41, 5.74) is 1.54. The lowest BCUT2D eigenvalue weighted by Gasteiger charge is -2.01. The minimum absolute atomic E-state index is 0.0394. The van der Waals surface area contributed by atoms with E-state index in [2.05, 4.69) is 20.3 Å². The number of fused-ring (bicyclic) bond motifs is 1. The third-order valence-corrected chi connectivity index (χ3v) is 2.37. The number of nitrogens with one attached hydrogen (secondary N) is 1. The molecule has 3 rings (SSSR count).